The summed E-state index contributed by atoms with van der Waals surface area (Å²) in [4.78, 5) is 20.6. The third-order valence-corrected chi connectivity index (χ3v) is 4.07. The average Bonchev–Trinajstić information content (AvgIpc) is 2.82. The average molecular weight is 328 g/mol. The topological polar surface area (TPSA) is 120 Å². The lowest BCUT2D eigenvalue weighted by Gasteiger charge is -2.15. The number of primary amides is 1. The number of rotatable bonds is 2. The number of fused-ring (bicyclic) bond motifs is 1. The molecule has 2 aromatic heterocycles. The molecule has 0 atom stereocenters. The second-order valence-electron chi connectivity index (χ2n) is 5.66. The zero-order valence-corrected chi connectivity index (χ0v) is 13.5. The zero-order chi connectivity index (χ0) is 20.3. The molecule has 3 rings (SSSR count). The Morgan fingerprint density at radius 2 is 1.96 bits per heavy atom. The summed E-state index contributed by atoms with van der Waals surface area (Å²) < 4.78 is 24.4. The van der Waals surface area contributed by atoms with Crippen molar-refractivity contribution in [2.45, 2.75) is 27.6 Å². The number of carbonyl (C=O) groups is 1. The number of nitrogen functional groups attached to an aromatic ring is 1. The lowest BCUT2D eigenvalue weighted by atomic mass is 10.1. The normalized spacial score (nSPS) is 13.5. The molecule has 7 heteroatoms. The van der Waals surface area contributed by atoms with Crippen LogP contribution < -0.4 is 11.5 Å². The van der Waals surface area contributed by atoms with Crippen molar-refractivity contribution in [3.05, 3.63) is 40.2 Å². The van der Waals surface area contributed by atoms with E-state index in [1.165, 1.54) is 11.5 Å². The second-order valence-corrected chi connectivity index (χ2v) is 5.66. The number of phenolic OH excluding ortho intramolecular Hbond substituents is 1. The number of anilines is 1. The molecule has 3 aromatic rings. The van der Waals surface area contributed by atoms with Gasteiger partial charge in [0.25, 0.3) is 5.91 Å². The van der Waals surface area contributed by atoms with Crippen molar-refractivity contribution in [2.24, 2.45) is 5.73 Å². The fraction of sp³-hybridized carbons (Fsp3) is 0.235. The molecule has 0 bridgehead atoms. The molecule has 0 radical (unpaired) electrons. The largest absolute Gasteiger partial charge is 0.508 e. The van der Waals surface area contributed by atoms with Gasteiger partial charge in [0.2, 0.25) is 0 Å². The summed E-state index contributed by atoms with van der Waals surface area (Å²) in [7, 11) is 0. The van der Waals surface area contributed by atoms with Crippen molar-refractivity contribution >= 4 is 22.9 Å². The molecule has 24 heavy (non-hydrogen) atoms. The van der Waals surface area contributed by atoms with Crippen LogP contribution in [0.5, 0.6) is 5.75 Å². The number of hydrogen-bond donors (Lipinski definition) is 3. The summed E-state index contributed by atoms with van der Waals surface area (Å²) in [5.74, 6) is -0.820. The summed E-state index contributed by atoms with van der Waals surface area (Å²) in [5.41, 5.74) is 13.6. The fourth-order valence-electron chi connectivity index (χ4n) is 2.82. The van der Waals surface area contributed by atoms with Gasteiger partial charge in [-0.25, -0.2) is 9.97 Å². The van der Waals surface area contributed by atoms with E-state index in [0.717, 1.165) is 5.56 Å². The molecule has 2 heterocycles. The third-order valence-electron chi connectivity index (χ3n) is 4.07. The Morgan fingerprint density at radius 1 is 1.25 bits per heavy atom. The van der Waals surface area contributed by atoms with E-state index < -0.39 is 12.8 Å². The minimum absolute atomic E-state index is 0.0128. The molecule has 0 spiro atoms. The predicted octanol–water partition coefficient (Wildman–Crippen LogP) is 2.04. The minimum Gasteiger partial charge on any atom is -0.508 e. The van der Waals surface area contributed by atoms with Crippen LogP contribution in [0.3, 0.4) is 0 Å². The number of carbonyl (C=O) groups excluding carboxylic acids is 1. The van der Waals surface area contributed by atoms with Crippen LogP contribution in [0.4, 0.5) is 5.82 Å². The number of amides is 1. The van der Waals surface area contributed by atoms with Crippen LogP contribution in [-0.4, -0.2) is 25.5 Å². The van der Waals surface area contributed by atoms with Crippen LogP contribution in [0, 0.1) is 27.6 Å². The molecule has 0 saturated carbocycles. The Balaban J connectivity index is 2.53. The number of nitrogens with zero attached hydrogens (tertiary/aromatic N) is 3. The van der Waals surface area contributed by atoms with Crippen LogP contribution in [0.2, 0.25) is 0 Å². The summed E-state index contributed by atoms with van der Waals surface area (Å²) >= 11 is 0. The molecule has 0 unspecified atom stereocenters. The smallest absolute Gasteiger partial charge is 0.254 e. The molecule has 1 aromatic carbocycles. The van der Waals surface area contributed by atoms with Crippen LogP contribution in [0.15, 0.2) is 12.1 Å². The lowest BCUT2D eigenvalue weighted by molar-refractivity contribution is 0.100. The SMILES string of the molecule is [2H]C([2H])([2H])c1nc2c(C(N)=O)c(N)n(-c3c(C)ccc(O)c3C)c2nc1C. The molecule has 0 aliphatic carbocycles. The van der Waals surface area contributed by atoms with Gasteiger partial charge in [-0.15, -0.1) is 0 Å². The number of aromatic nitrogens is 3. The number of phenols is 1. The van der Waals surface area contributed by atoms with Gasteiger partial charge in [0.15, 0.2) is 5.65 Å². The molecular weight excluding hydrogens is 306 g/mol. The van der Waals surface area contributed by atoms with E-state index in [0.29, 0.717) is 11.3 Å². The van der Waals surface area contributed by atoms with Crippen molar-refractivity contribution in [3.8, 4) is 11.4 Å². The van der Waals surface area contributed by atoms with Gasteiger partial charge in [-0.2, -0.15) is 0 Å². The maximum Gasteiger partial charge on any atom is 0.254 e. The minimum atomic E-state index is -2.51. The number of hydrogen-bond acceptors (Lipinski definition) is 5. The highest BCUT2D eigenvalue weighted by atomic mass is 16.3. The Bertz CT molecular complexity index is 1100. The second kappa shape index (κ2) is 5.23. The highest BCUT2D eigenvalue weighted by Gasteiger charge is 2.25. The van der Waals surface area contributed by atoms with Gasteiger partial charge in [0, 0.05) is 9.68 Å². The predicted molar refractivity (Wildman–Crippen MR) is 92.4 cm³/mol. The molecular formula is C17H19N5O2. The number of nitrogens with two attached hydrogens (primary N) is 2. The van der Waals surface area contributed by atoms with Gasteiger partial charge < -0.3 is 16.6 Å². The highest BCUT2D eigenvalue weighted by molar-refractivity contribution is 6.09. The molecule has 1 amide bonds. The number of aromatic hydroxyl groups is 1. The van der Waals surface area contributed by atoms with E-state index in [4.69, 9.17) is 15.6 Å². The Morgan fingerprint density at radius 3 is 2.58 bits per heavy atom. The van der Waals surface area contributed by atoms with Crippen LogP contribution in [0.1, 0.15) is 37.0 Å². The molecule has 0 fully saturated rings. The summed E-state index contributed by atoms with van der Waals surface area (Å²) in [5, 5.41) is 10.1. The molecule has 124 valence electrons. The monoisotopic (exact) mass is 328 g/mol. The Kier molecular flexibility index (Phi) is 2.69. The summed E-state index contributed by atoms with van der Waals surface area (Å²) in [6, 6.07) is 3.25. The van der Waals surface area contributed by atoms with Gasteiger partial charge in [0.05, 0.1) is 17.1 Å². The zero-order valence-electron chi connectivity index (χ0n) is 16.5. The van der Waals surface area contributed by atoms with Crippen LogP contribution in [-0.2, 0) is 0 Å². The van der Waals surface area contributed by atoms with E-state index >= 15 is 0 Å². The number of aryl methyl sites for hydroxylation is 3. The van der Waals surface area contributed by atoms with E-state index in [9.17, 15) is 9.90 Å². The molecule has 7 nitrogen and oxygen atoms in total. The number of benzene rings is 1. The molecule has 5 N–H and O–H groups in total. The lowest BCUT2D eigenvalue weighted by Crippen LogP contribution is -2.14. The van der Waals surface area contributed by atoms with E-state index in [1.54, 1.807) is 19.1 Å². The van der Waals surface area contributed by atoms with Crippen molar-refractivity contribution in [1.29, 1.82) is 0 Å². The van der Waals surface area contributed by atoms with E-state index in [1.807, 2.05) is 6.92 Å². The first-order chi connectivity index (χ1) is 12.4. The summed E-state index contributed by atoms with van der Waals surface area (Å²) in [6.45, 7) is 2.53. The maximum atomic E-state index is 12.0. The van der Waals surface area contributed by atoms with Crippen molar-refractivity contribution in [2.75, 3.05) is 5.73 Å². The van der Waals surface area contributed by atoms with Crippen molar-refractivity contribution < 1.29 is 14.0 Å². The first-order valence-electron chi connectivity index (χ1n) is 8.73. The third kappa shape index (κ3) is 2.09. The van der Waals surface area contributed by atoms with Crippen LogP contribution >= 0.6 is 0 Å². The Hall–Kier alpha value is -3.09. The fourth-order valence-corrected chi connectivity index (χ4v) is 2.82. The first-order valence-corrected chi connectivity index (χ1v) is 7.23. The van der Waals surface area contributed by atoms with Gasteiger partial charge >= 0.3 is 0 Å². The Labute approximate surface area is 143 Å². The molecule has 0 aliphatic heterocycles. The van der Waals surface area contributed by atoms with Gasteiger partial charge in [-0.05, 0) is 39.3 Å². The standard InChI is InChI=1S/C17H19N5O2/c1-7-5-6-11(23)8(2)14(7)22-15(18)12(16(19)24)13-17(22)21-10(4)9(3)20-13/h5-6,23H,18H2,1-4H3,(H2,19,24)/i3D3. The highest BCUT2D eigenvalue weighted by Crippen LogP contribution is 2.35. The van der Waals surface area contributed by atoms with E-state index in [-0.39, 0.29) is 39.7 Å². The molecule has 0 aliphatic rings. The van der Waals surface area contributed by atoms with Gasteiger partial charge in [0.1, 0.15) is 22.6 Å². The molecule has 0 saturated heterocycles. The van der Waals surface area contributed by atoms with E-state index in [2.05, 4.69) is 9.97 Å². The van der Waals surface area contributed by atoms with Gasteiger partial charge in [-0.1, -0.05) is 6.07 Å². The van der Waals surface area contributed by atoms with Crippen LogP contribution in [0.25, 0.3) is 16.9 Å². The summed E-state index contributed by atoms with van der Waals surface area (Å²) in [6.07, 6.45) is 0. The maximum absolute atomic E-state index is 12.0. The van der Waals surface area contributed by atoms with Gasteiger partial charge in [-0.3, -0.25) is 9.36 Å². The quantitative estimate of drug-likeness (QED) is 0.665. The first kappa shape index (κ1) is 12.3. The van der Waals surface area contributed by atoms with Crippen molar-refractivity contribution in [1.82, 2.24) is 14.5 Å². The van der Waals surface area contributed by atoms with Crippen molar-refractivity contribution in [3.63, 3.8) is 0 Å².